The van der Waals surface area contributed by atoms with Gasteiger partial charge in [0, 0.05) is 6.54 Å². The molecule has 5 N–H and O–H groups in total. The van der Waals surface area contributed by atoms with E-state index in [0.29, 0.717) is 0 Å². The second-order valence-corrected chi connectivity index (χ2v) is 1.95. The summed E-state index contributed by atoms with van der Waals surface area (Å²) in [7, 11) is 0. The van der Waals surface area contributed by atoms with E-state index < -0.39 is 11.5 Å². The number of amides is 1. The minimum Gasteiger partial charge on any atom is -0.379 e. The van der Waals surface area contributed by atoms with E-state index in [-0.39, 0.29) is 13.0 Å². The molecule has 9 heavy (non-hydrogen) atoms. The van der Waals surface area contributed by atoms with E-state index in [0.717, 1.165) is 0 Å². The molecule has 4 nitrogen and oxygen atoms in total. The van der Waals surface area contributed by atoms with Crippen LogP contribution in [0.5, 0.6) is 0 Å². The number of rotatable bonds is 3. The summed E-state index contributed by atoms with van der Waals surface area (Å²) in [6, 6.07) is 0. The van der Waals surface area contributed by atoms with E-state index >= 15 is 0 Å². The highest BCUT2D eigenvalue weighted by molar-refractivity contribution is 5.83. The standard InChI is InChI=1S/C5H12N2O2/c1-2-5(9,3-6)4(7)8/h9H,2-3,6H2,1H3,(H2,7,8)/t5-/m1/s1. The number of aliphatic hydroxyl groups is 1. The van der Waals surface area contributed by atoms with E-state index in [1.165, 1.54) is 0 Å². The first-order chi connectivity index (χ1) is 4.06. The first-order valence-corrected chi connectivity index (χ1v) is 2.79. The van der Waals surface area contributed by atoms with Crippen molar-refractivity contribution >= 4 is 5.91 Å². The molecule has 0 heterocycles. The topological polar surface area (TPSA) is 89.3 Å². The summed E-state index contributed by atoms with van der Waals surface area (Å²) in [6.45, 7) is 1.54. The largest absolute Gasteiger partial charge is 0.379 e. The Hall–Kier alpha value is -0.610. The molecule has 4 heteroatoms. The molecule has 0 saturated heterocycles. The van der Waals surface area contributed by atoms with Crippen molar-refractivity contribution in [2.45, 2.75) is 18.9 Å². The van der Waals surface area contributed by atoms with Gasteiger partial charge in [0.25, 0.3) is 5.91 Å². The van der Waals surface area contributed by atoms with Crippen LogP contribution in [0.2, 0.25) is 0 Å². The minimum atomic E-state index is -1.50. The molecule has 0 bridgehead atoms. The smallest absolute Gasteiger partial charge is 0.250 e. The van der Waals surface area contributed by atoms with E-state index in [2.05, 4.69) is 0 Å². The zero-order valence-electron chi connectivity index (χ0n) is 5.42. The summed E-state index contributed by atoms with van der Waals surface area (Å²) < 4.78 is 0. The third-order valence-electron chi connectivity index (χ3n) is 1.38. The number of carbonyl (C=O) groups is 1. The van der Waals surface area contributed by atoms with Crippen LogP contribution in [0.25, 0.3) is 0 Å². The lowest BCUT2D eigenvalue weighted by molar-refractivity contribution is -0.135. The Morgan fingerprint density at radius 1 is 1.78 bits per heavy atom. The Balaban J connectivity index is 4.09. The predicted molar refractivity (Wildman–Crippen MR) is 33.5 cm³/mol. The Bertz CT molecular complexity index is 110. The van der Waals surface area contributed by atoms with E-state index in [1.54, 1.807) is 6.92 Å². The fourth-order valence-corrected chi connectivity index (χ4v) is 0.419. The normalized spacial score (nSPS) is 16.8. The zero-order valence-corrected chi connectivity index (χ0v) is 5.42. The van der Waals surface area contributed by atoms with Crippen molar-refractivity contribution in [2.75, 3.05) is 6.54 Å². The van der Waals surface area contributed by atoms with E-state index in [1.807, 2.05) is 0 Å². The molecule has 1 amide bonds. The molecule has 0 fully saturated rings. The summed E-state index contributed by atoms with van der Waals surface area (Å²) in [6.07, 6.45) is 0.263. The van der Waals surface area contributed by atoms with Crippen molar-refractivity contribution in [2.24, 2.45) is 11.5 Å². The van der Waals surface area contributed by atoms with Gasteiger partial charge in [-0.1, -0.05) is 6.92 Å². The van der Waals surface area contributed by atoms with Gasteiger partial charge in [-0.25, -0.2) is 0 Å². The molecule has 0 aliphatic rings. The van der Waals surface area contributed by atoms with Crippen LogP contribution >= 0.6 is 0 Å². The third-order valence-corrected chi connectivity index (χ3v) is 1.38. The molecule has 0 spiro atoms. The number of carbonyl (C=O) groups excluding carboxylic acids is 1. The van der Waals surface area contributed by atoms with Gasteiger partial charge in [-0.3, -0.25) is 4.79 Å². The van der Waals surface area contributed by atoms with Crippen molar-refractivity contribution in [1.82, 2.24) is 0 Å². The van der Waals surface area contributed by atoms with Crippen molar-refractivity contribution < 1.29 is 9.90 Å². The van der Waals surface area contributed by atoms with Gasteiger partial charge >= 0.3 is 0 Å². The lowest BCUT2D eigenvalue weighted by atomic mass is 10.0. The fraction of sp³-hybridized carbons (Fsp3) is 0.800. The second-order valence-electron chi connectivity index (χ2n) is 1.95. The number of hydrogen-bond acceptors (Lipinski definition) is 3. The molecule has 0 aliphatic heterocycles. The maximum Gasteiger partial charge on any atom is 0.250 e. The summed E-state index contributed by atoms with van der Waals surface area (Å²) in [5, 5.41) is 9.11. The molecule has 0 aromatic carbocycles. The lowest BCUT2D eigenvalue weighted by Gasteiger charge is -2.19. The van der Waals surface area contributed by atoms with Crippen LogP contribution in [0.1, 0.15) is 13.3 Å². The van der Waals surface area contributed by atoms with Crippen LogP contribution in [0.15, 0.2) is 0 Å². The van der Waals surface area contributed by atoms with Gasteiger partial charge in [-0.2, -0.15) is 0 Å². The van der Waals surface area contributed by atoms with Crippen LogP contribution in [0, 0.1) is 0 Å². The van der Waals surface area contributed by atoms with Crippen LogP contribution in [-0.2, 0) is 4.79 Å². The van der Waals surface area contributed by atoms with Crippen LogP contribution < -0.4 is 11.5 Å². The first-order valence-electron chi connectivity index (χ1n) is 2.79. The summed E-state index contributed by atoms with van der Waals surface area (Å²) in [5.41, 5.74) is 8.39. The quantitative estimate of drug-likeness (QED) is 0.440. The molecule has 0 unspecified atom stereocenters. The molecule has 0 aromatic rings. The van der Waals surface area contributed by atoms with Gasteiger partial charge in [0.1, 0.15) is 0 Å². The highest BCUT2D eigenvalue weighted by Crippen LogP contribution is 2.05. The van der Waals surface area contributed by atoms with E-state index in [4.69, 9.17) is 16.6 Å². The van der Waals surface area contributed by atoms with Gasteiger partial charge in [0.05, 0.1) is 0 Å². The van der Waals surface area contributed by atoms with Crippen LogP contribution in [0.3, 0.4) is 0 Å². The number of hydrogen-bond donors (Lipinski definition) is 3. The molecule has 0 aliphatic carbocycles. The lowest BCUT2D eigenvalue weighted by Crippen LogP contribution is -2.49. The highest BCUT2D eigenvalue weighted by Gasteiger charge is 2.29. The predicted octanol–water partition coefficient (Wildman–Crippen LogP) is -1.43. The van der Waals surface area contributed by atoms with Gasteiger partial charge in [0.15, 0.2) is 5.60 Å². The second kappa shape index (κ2) is 2.80. The fourth-order valence-electron chi connectivity index (χ4n) is 0.419. The number of nitrogens with two attached hydrogens (primary N) is 2. The molecule has 0 aromatic heterocycles. The molecule has 0 saturated carbocycles. The summed E-state index contributed by atoms with van der Waals surface area (Å²) in [5.74, 6) is -0.757. The Morgan fingerprint density at radius 2 is 2.22 bits per heavy atom. The first kappa shape index (κ1) is 8.39. The minimum absolute atomic E-state index is 0.112. The summed E-state index contributed by atoms with van der Waals surface area (Å²) in [4.78, 5) is 10.4. The average Bonchev–Trinajstić information content (AvgIpc) is 1.86. The Labute approximate surface area is 53.8 Å². The maximum atomic E-state index is 10.4. The molecular formula is C5H12N2O2. The summed E-state index contributed by atoms with van der Waals surface area (Å²) >= 11 is 0. The monoisotopic (exact) mass is 132 g/mol. The molecule has 1 atom stereocenters. The van der Waals surface area contributed by atoms with Crippen molar-refractivity contribution in [3.63, 3.8) is 0 Å². The Kier molecular flexibility index (Phi) is 2.61. The number of primary amides is 1. The van der Waals surface area contributed by atoms with Gasteiger partial charge in [-0.15, -0.1) is 0 Å². The molecule has 0 rings (SSSR count). The van der Waals surface area contributed by atoms with Gasteiger partial charge in [0.2, 0.25) is 0 Å². The molecular weight excluding hydrogens is 120 g/mol. The highest BCUT2D eigenvalue weighted by atomic mass is 16.3. The molecule has 54 valence electrons. The SMILES string of the molecule is CC[C@@](O)(CN)C(N)=O. The zero-order chi connectivity index (χ0) is 7.49. The van der Waals surface area contributed by atoms with Crippen LogP contribution in [0.4, 0.5) is 0 Å². The maximum absolute atomic E-state index is 10.4. The van der Waals surface area contributed by atoms with Gasteiger partial charge < -0.3 is 16.6 Å². The van der Waals surface area contributed by atoms with Crippen molar-refractivity contribution in [3.05, 3.63) is 0 Å². The van der Waals surface area contributed by atoms with Crippen molar-refractivity contribution in [3.8, 4) is 0 Å². The van der Waals surface area contributed by atoms with Crippen LogP contribution in [-0.4, -0.2) is 23.2 Å². The van der Waals surface area contributed by atoms with Crippen molar-refractivity contribution in [1.29, 1.82) is 0 Å². The Morgan fingerprint density at radius 3 is 2.22 bits per heavy atom. The third kappa shape index (κ3) is 1.65. The molecule has 0 radical (unpaired) electrons. The average molecular weight is 132 g/mol. The van der Waals surface area contributed by atoms with E-state index in [9.17, 15) is 4.79 Å². The van der Waals surface area contributed by atoms with Gasteiger partial charge in [-0.05, 0) is 6.42 Å².